The predicted molar refractivity (Wildman–Crippen MR) is 107 cm³/mol. The zero-order chi connectivity index (χ0) is 18.8. The molecule has 0 aromatic heterocycles. The Bertz CT molecular complexity index is 760. The van der Waals surface area contributed by atoms with E-state index >= 15 is 0 Å². The van der Waals surface area contributed by atoms with Gasteiger partial charge in [0.2, 0.25) is 0 Å². The highest BCUT2D eigenvalue weighted by atomic mass is 16.3. The van der Waals surface area contributed by atoms with Crippen molar-refractivity contribution in [3.8, 4) is 0 Å². The van der Waals surface area contributed by atoms with Crippen LogP contribution in [0.5, 0.6) is 0 Å². The number of likely N-dealkylation sites (N-methyl/N-ethyl adjacent to an activating group) is 1. The minimum Gasteiger partial charge on any atom is -0.395 e. The number of nitrogens with zero attached hydrogens (tertiary/aromatic N) is 2. The fourth-order valence-electron chi connectivity index (χ4n) is 4.40. The lowest BCUT2D eigenvalue weighted by Crippen LogP contribution is -2.67. The second-order valence-corrected chi connectivity index (χ2v) is 7.95. The molecule has 1 N–H and O–H groups in total. The lowest BCUT2D eigenvalue weighted by molar-refractivity contribution is -0.0545. The van der Waals surface area contributed by atoms with Gasteiger partial charge in [-0.25, -0.2) is 0 Å². The number of amides is 1. The molecule has 1 heterocycles. The van der Waals surface area contributed by atoms with Gasteiger partial charge in [-0.15, -0.1) is 0 Å². The molecule has 4 nitrogen and oxygen atoms in total. The molecule has 1 saturated carbocycles. The van der Waals surface area contributed by atoms with E-state index in [4.69, 9.17) is 0 Å². The number of benzene rings is 2. The highest BCUT2D eigenvalue weighted by Crippen LogP contribution is 2.44. The van der Waals surface area contributed by atoms with E-state index < -0.39 is 0 Å². The fourth-order valence-corrected chi connectivity index (χ4v) is 4.40. The van der Waals surface area contributed by atoms with Gasteiger partial charge in [-0.1, -0.05) is 48.5 Å². The molecule has 0 unspecified atom stereocenters. The molecule has 4 heteroatoms. The van der Waals surface area contributed by atoms with Crippen LogP contribution in [0.2, 0.25) is 0 Å². The third-order valence-corrected chi connectivity index (χ3v) is 6.05. The second-order valence-electron chi connectivity index (χ2n) is 7.95. The number of rotatable bonds is 7. The molecule has 2 aromatic rings. The second kappa shape index (κ2) is 7.83. The molecular formula is C23H28N2O2. The smallest absolute Gasteiger partial charge is 0.253 e. The number of hydrogen-bond donors (Lipinski definition) is 1. The van der Waals surface area contributed by atoms with Crippen LogP contribution in [0.25, 0.3) is 0 Å². The maximum absolute atomic E-state index is 12.8. The Morgan fingerprint density at radius 1 is 1.04 bits per heavy atom. The molecule has 0 bridgehead atoms. The summed E-state index contributed by atoms with van der Waals surface area (Å²) >= 11 is 0. The molecule has 3 atom stereocenters. The monoisotopic (exact) mass is 364 g/mol. The Labute approximate surface area is 161 Å². The summed E-state index contributed by atoms with van der Waals surface area (Å²) in [4.78, 5) is 17.1. The van der Waals surface area contributed by atoms with Crippen LogP contribution in [0.3, 0.4) is 0 Å². The molecule has 0 radical (unpaired) electrons. The summed E-state index contributed by atoms with van der Waals surface area (Å²) in [6.07, 6.45) is 2.58. The number of aliphatic hydroxyl groups excluding tert-OH is 1. The van der Waals surface area contributed by atoms with E-state index in [1.165, 1.54) is 18.4 Å². The van der Waals surface area contributed by atoms with Crippen molar-refractivity contribution in [2.45, 2.75) is 30.8 Å². The highest BCUT2D eigenvalue weighted by molar-refractivity contribution is 5.94. The summed E-state index contributed by atoms with van der Waals surface area (Å²) in [6, 6.07) is 20.3. The minimum atomic E-state index is 0.0567. The first-order chi connectivity index (χ1) is 13.2. The van der Waals surface area contributed by atoms with Gasteiger partial charge in [0.1, 0.15) is 0 Å². The molecule has 27 heavy (non-hydrogen) atoms. The maximum atomic E-state index is 12.8. The first-order valence-electron chi connectivity index (χ1n) is 9.91. The van der Waals surface area contributed by atoms with Crippen LogP contribution in [0, 0.1) is 5.92 Å². The van der Waals surface area contributed by atoms with Crippen molar-refractivity contribution < 1.29 is 9.90 Å². The van der Waals surface area contributed by atoms with Gasteiger partial charge in [-0.3, -0.25) is 9.69 Å². The van der Waals surface area contributed by atoms with Crippen molar-refractivity contribution in [3.05, 3.63) is 71.8 Å². The quantitative estimate of drug-likeness (QED) is 0.821. The number of likely N-dealkylation sites (tertiary alicyclic amines) is 1. The van der Waals surface area contributed by atoms with Gasteiger partial charge < -0.3 is 10.0 Å². The molecule has 2 aliphatic rings. The Kier molecular flexibility index (Phi) is 5.28. The van der Waals surface area contributed by atoms with Gasteiger partial charge in [-0.05, 0) is 36.5 Å². The fraction of sp³-hybridized carbons (Fsp3) is 0.435. The molecule has 1 amide bonds. The van der Waals surface area contributed by atoms with E-state index in [-0.39, 0.29) is 30.5 Å². The Morgan fingerprint density at radius 3 is 2.26 bits per heavy atom. The largest absolute Gasteiger partial charge is 0.395 e. The topological polar surface area (TPSA) is 43.8 Å². The summed E-state index contributed by atoms with van der Waals surface area (Å²) in [6.45, 7) is 1.88. The van der Waals surface area contributed by atoms with Crippen molar-refractivity contribution in [1.29, 1.82) is 0 Å². The normalized spacial score (nSPS) is 25.0. The molecule has 4 rings (SSSR count). The van der Waals surface area contributed by atoms with E-state index in [0.29, 0.717) is 6.54 Å². The molecule has 2 aromatic carbocycles. The standard InChI is InChI=1S/C23H28N2O2/c1-24(23(27)19-10-6-3-7-11-19)15-20-22(18-8-4-2-5-9-18)21(16-26)25(20)14-17-12-13-17/h2-11,17,20-22,26H,12-16H2,1H3/t20-,21+,22-/m0/s1. The van der Waals surface area contributed by atoms with Crippen LogP contribution in [0.1, 0.15) is 34.7 Å². The molecule has 1 aliphatic carbocycles. The highest BCUT2D eigenvalue weighted by Gasteiger charge is 2.50. The third-order valence-electron chi connectivity index (χ3n) is 6.05. The molecular weight excluding hydrogens is 336 g/mol. The third kappa shape index (κ3) is 3.78. The van der Waals surface area contributed by atoms with Crippen molar-refractivity contribution in [2.75, 3.05) is 26.7 Å². The van der Waals surface area contributed by atoms with Crippen LogP contribution in [0.15, 0.2) is 60.7 Å². The van der Waals surface area contributed by atoms with E-state index in [0.717, 1.165) is 18.0 Å². The van der Waals surface area contributed by atoms with Crippen molar-refractivity contribution in [1.82, 2.24) is 9.80 Å². The zero-order valence-electron chi connectivity index (χ0n) is 15.9. The van der Waals surface area contributed by atoms with Crippen LogP contribution >= 0.6 is 0 Å². The van der Waals surface area contributed by atoms with E-state index in [2.05, 4.69) is 29.2 Å². The van der Waals surface area contributed by atoms with Crippen LogP contribution in [-0.2, 0) is 0 Å². The summed E-state index contributed by atoms with van der Waals surface area (Å²) < 4.78 is 0. The Hall–Kier alpha value is -2.17. The number of carbonyl (C=O) groups excluding carboxylic acids is 1. The number of carbonyl (C=O) groups is 1. The zero-order valence-corrected chi connectivity index (χ0v) is 15.9. The summed E-state index contributed by atoms with van der Waals surface area (Å²) in [5.41, 5.74) is 1.98. The van der Waals surface area contributed by atoms with E-state index in [1.807, 2.05) is 48.3 Å². The first kappa shape index (κ1) is 18.2. The summed E-state index contributed by atoms with van der Waals surface area (Å²) in [7, 11) is 1.89. The first-order valence-corrected chi connectivity index (χ1v) is 9.91. The average Bonchev–Trinajstić information content (AvgIpc) is 3.53. The summed E-state index contributed by atoms with van der Waals surface area (Å²) in [5.74, 6) is 1.08. The molecule has 1 aliphatic heterocycles. The van der Waals surface area contributed by atoms with Gasteiger partial charge in [0.15, 0.2) is 0 Å². The van der Waals surface area contributed by atoms with Crippen LogP contribution < -0.4 is 0 Å². The Morgan fingerprint density at radius 2 is 1.67 bits per heavy atom. The summed E-state index contributed by atoms with van der Waals surface area (Å²) in [5, 5.41) is 10.0. The van der Waals surface area contributed by atoms with E-state index in [9.17, 15) is 9.90 Å². The van der Waals surface area contributed by atoms with Crippen molar-refractivity contribution >= 4 is 5.91 Å². The molecule has 0 spiro atoms. The van der Waals surface area contributed by atoms with Gasteiger partial charge in [0.05, 0.1) is 6.61 Å². The van der Waals surface area contributed by atoms with Gasteiger partial charge >= 0.3 is 0 Å². The molecule has 1 saturated heterocycles. The van der Waals surface area contributed by atoms with Gasteiger partial charge in [0.25, 0.3) is 5.91 Å². The maximum Gasteiger partial charge on any atom is 0.253 e. The predicted octanol–water partition coefficient (Wildman–Crippen LogP) is 3.00. The molecule has 142 valence electrons. The van der Waals surface area contributed by atoms with Crippen molar-refractivity contribution in [2.24, 2.45) is 5.92 Å². The molecule has 2 fully saturated rings. The average molecular weight is 364 g/mol. The minimum absolute atomic E-state index is 0.0567. The van der Waals surface area contributed by atoms with Gasteiger partial charge in [-0.2, -0.15) is 0 Å². The number of hydrogen-bond acceptors (Lipinski definition) is 3. The SMILES string of the molecule is CN(C[C@H]1[C@H](c2ccccc2)[C@@H](CO)N1CC1CC1)C(=O)c1ccccc1. The number of aliphatic hydroxyl groups is 1. The lowest BCUT2D eigenvalue weighted by atomic mass is 9.74. The van der Waals surface area contributed by atoms with Crippen molar-refractivity contribution in [3.63, 3.8) is 0 Å². The van der Waals surface area contributed by atoms with E-state index in [1.54, 1.807) is 0 Å². The Balaban J connectivity index is 1.53. The van der Waals surface area contributed by atoms with Gasteiger partial charge in [0, 0.05) is 43.7 Å². The lowest BCUT2D eigenvalue weighted by Gasteiger charge is -2.56. The van der Waals surface area contributed by atoms with Crippen LogP contribution in [-0.4, -0.2) is 59.6 Å². The van der Waals surface area contributed by atoms with Crippen LogP contribution in [0.4, 0.5) is 0 Å².